The number of nitrogens with zero attached hydrogens (tertiary/aromatic N) is 1. The van der Waals surface area contributed by atoms with Gasteiger partial charge in [-0.25, -0.2) is 0 Å². The van der Waals surface area contributed by atoms with Crippen LogP contribution in [0.1, 0.15) is 44.6 Å². The molecule has 3 heteroatoms. The second-order valence-electron chi connectivity index (χ2n) is 6.88. The molecule has 2 fully saturated rings. The normalized spacial score (nSPS) is 24.5. The highest BCUT2D eigenvalue weighted by atomic mass is 16.5. The third kappa shape index (κ3) is 3.19. The molecule has 1 spiro atoms. The molecule has 1 saturated heterocycles. The average molecular weight is 301 g/mol. The van der Waals surface area contributed by atoms with Crippen LogP contribution in [0.4, 0.5) is 0 Å². The Bertz CT molecular complexity index is 493. The number of hydrogen-bond acceptors (Lipinski definition) is 3. The summed E-state index contributed by atoms with van der Waals surface area (Å²) in [5, 5.41) is 0. The van der Waals surface area contributed by atoms with E-state index in [1.165, 1.54) is 37.7 Å². The minimum atomic E-state index is 0.0277. The molecule has 1 saturated carbocycles. The van der Waals surface area contributed by atoms with Crippen molar-refractivity contribution >= 4 is 5.97 Å². The third-order valence-corrected chi connectivity index (χ3v) is 5.39. The van der Waals surface area contributed by atoms with Crippen molar-refractivity contribution in [1.29, 1.82) is 0 Å². The largest absolute Gasteiger partial charge is 0.466 e. The van der Waals surface area contributed by atoms with Gasteiger partial charge in [-0.05, 0) is 30.7 Å². The predicted molar refractivity (Wildman–Crippen MR) is 87.4 cm³/mol. The number of hydrogen-bond donors (Lipinski definition) is 0. The van der Waals surface area contributed by atoms with E-state index in [0.29, 0.717) is 6.61 Å². The van der Waals surface area contributed by atoms with E-state index in [1.54, 1.807) is 0 Å². The first kappa shape index (κ1) is 15.5. The van der Waals surface area contributed by atoms with Crippen molar-refractivity contribution in [3.63, 3.8) is 0 Å². The highest BCUT2D eigenvalue weighted by molar-refractivity contribution is 5.74. The molecule has 0 radical (unpaired) electrons. The van der Waals surface area contributed by atoms with E-state index in [0.717, 1.165) is 19.6 Å². The van der Waals surface area contributed by atoms with Gasteiger partial charge < -0.3 is 4.74 Å². The second-order valence-corrected chi connectivity index (χ2v) is 6.88. The molecule has 1 atom stereocenters. The van der Waals surface area contributed by atoms with Gasteiger partial charge in [0.15, 0.2) is 0 Å². The number of ether oxygens (including phenoxy) is 1. The van der Waals surface area contributed by atoms with Crippen molar-refractivity contribution in [2.45, 2.75) is 45.6 Å². The fourth-order valence-electron chi connectivity index (χ4n) is 4.36. The van der Waals surface area contributed by atoms with Gasteiger partial charge in [-0.1, -0.05) is 49.6 Å². The summed E-state index contributed by atoms with van der Waals surface area (Å²) in [6.45, 7) is 5.24. The number of rotatable bonds is 4. The molecule has 120 valence electrons. The average Bonchev–Trinajstić information content (AvgIpc) is 2.87. The van der Waals surface area contributed by atoms with Gasteiger partial charge in [-0.3, -0.25) is 9.69 Å². The van der Waals surface area contributed by atoms with E-state index in [-0.39, 0.29) is 17.3 Å². The Balaban J connectivity index is 1.74. The molecule has 3 nitrogen and oxygen atoms in total. The molecule has 1 aromatic rings. The minimum Gasteiger partial charge on any atom is -0.466 e. The molecule has 0 N–H and O–H groups in total. The maximum atomic E-state index is 12.5. The molecular weight excluding hydrogens is 274 g/mol. The Kier molecular flexibility index (Phi) is 4.82. The van der Waals surface area contributed by atoms with E-state index in [9.17, 15) is 4.79 Å². The Hall–Kier alpha value is -1.35. The summed E-state index contributed by atoms with van der Waals surface area (Å²) < 4.78 is 5.39. The second kappa shape index (κ2) is 6.82. The highest BCUT2D eigenvalue weighted by Crippen LogP contribution is 2.48. The van der Waals surface area contributed by atoms with Crippen LogP contribution in [-0.2, 0) is 16.1 Å². The van der Waals surface area contributed by atoms with Gasteiger partial charge >= 0.3 is 5.97 Å². The topological polar surface area (TPSA) is 29.5 Å². The standard InChI is InChI=1S/C19H27NO2/c1-2-22-18(21)17-14-20(13-16-9-5-3-6-10-16)15-19(17)11-7-4-8-12-19/h3,5-6,9-10,17H,2,4,7-8,11-15H2,1H3/t17-/m0/s1. The maximum Gasteiger partial charge on any atom is 0.310 e. The SMILES string of the molecule is CCOC(=O)[C@@H]1CN(Cc2ccccc2)CC12CCCCC2. The molecular formula is C19H27NO2. The number of esters is 1. The van der Waals surface area contributed by atoms with Crippen LogP contribution in [-0.4, -0.2) is 30.6 Å². The summed E-state index contributed by atoms with van der Waals surface area (Å²) in [5.41, 5.74) is 1.50. The van der Waals surface area contributed by atoms with Gasteiger partial charge in [0, 0.05) is 19.6 Å². The maximum absolute atomic E-state index is 12.5. The van der Waals surface area contributed by atoms with Crippen molar-refractivity contribution in [3.8, 4) is 0 Å². The number of benzene rings is 1. The quantitative estimate of drug-likeness (QED) is 0.795. The van der Waals surface area contributed by atoms with Crippen LogP contribution < -0.4 is 0 Å². The van der Waals surface area contributed by atoms with Crippen LogP contribution in [0.5, 0.6) is 0 Å². The lowest BCUT2D eigenvalue weighted by Crippen LogP contribution is -2.37. The third-order valence-electron chi connectivity index (χ3n) is 5.39. The summed E-state index contributed by atoms with van der Waals surface area (Å²) in [7, 11) is 0. The zero-order chi connectivity index (χ0) is 15.4. The Labute approximate surface area is 133 Å². The van der Waals surface area contributed by atoms with Crippen LogP contribution in [0.25, 0.3) is 0 Å². The monoisotopic (exact) mass is 301 g/mol. The Morgan fingerprint density at radius 1 is 1.23 bits per heavy atom. The van der Waals surface area contributed by atoms with Gasteiger partial charge in [0.25, 0.3) is 0 Å². The van der Waals surface area contributed by atoms with E-state index in [2.05, 4.69) is 35.2 Å². The van der Waals surface area contributed by atoms with Gasteiger partial charge in [0.1, 0.15) is 0 Å². The molecule has 0 unspecified atom stereocenters. The Morgan fingerprint density at radius 2 is 1.95 bits per heavy atom. The fourth-order valence-corrected chi connectivity index (χ4v) is 4.36. The molecule has 0 amide bonds. The number of likely N-dealkylation sites (tertiary alicyclic amines) is 1. The molecule has 1 aliphatic carbocycles. The Morgan fingerprint density at radius 3 is 2.64 bits per heavy atom. The molecule has 0 aromatic heterocycles. The zero-order valence-corrected chi connectivity index (χ0v) is 13.6. The van der Waals surface area contributed by atoms with Crippen molar-refractivity contribution in [3.05, 3.63) is 35.9 Å². The summed E-state index contributed by atoms with van der Waals surface area (Å²) in [4.78, 5) is 14.9. The number of carbonyl (C=O) groups excluding carboxylic acids is 1. The number of carbonyl (C=O) groups is 1. The van der Waals surface area contributed by atoms with Gasteiger partial charge in [0.05, 0.1) is 12.5 Å². The van der Waals surface area contributed by atoms with Crippen molar-refractivity contribution < 1.29 is 9.53 Å². The highest BCUT2D eigenvalue weighted by Gasteiger charge is 2.50. The first-order valence-corrected chi connectivity index (χ1v) is 8.66. The lowest BCUT2D eigenvalue weighted by atomic mass is 9.68. The van der Waals surface area contributed by atoms with Crippen molar-refractivity contribution in [2.24, 2.45) is 11.3 Å². The van der Waals surface area contributed by atoms with Crippen LogP contribution in [0.3, 0.4) is 0 Å². The summed E-state index contributed by atoms with van der Waals surface area (Å²) in [5.74, 6) is 0.0939. The van der Waals surface area contributed by atoms with Crippen LogP contribution >= 0.6 is 0 Å². The fraction of sp³-hybridized carbons (Fsp3) is 0.632. The van der Waals surface area contributed by atoms with Crippen molar-refractivity contribution in [2.75, 3.05) is 19.7 Å². The van der Waals surface area contributed by atoms with Gasteiger partial charge in [0.2, 0.25) is 0 Å². The molecule has 2 aliphatic rings. The van der Waals surface area contributed by atoms with Crippen LogP contribution in [0.2, 0.25) is 0 Å². The van der Waals surface area contributed by atoms with E-state index in [4.69, 9.17) is 4.74 Å². The summed E-state index contributed by atoms with van der Waals surface area (Å²) in [6, 6.07) is 10.6. The van der Waals surface area contributed by atoms with Crippen LogP contribution in [0.15, 0.2) is 30.3 Å². The van der Waals surface area contributed by atoms with E-state index in [1.807, 2.05) is 6.92 Å². The van der Waals surface area contributed by atoms with E-state index < -0.39 is 0 Å². The zero-order valence-electron chi connectivity index (χ0n) is 13.6. The lowest BCUT2D eigenvalue weighted by molar-refractivity contribution is -0.151. The molecule has 22 heavy (non-hydrogen) atoms. The van der Waals surface area contributed by atoms with Crippen molar-refractivity contribution in [1.82, 2.24) is 4.90 Å². The minimum absolute atomic E-state index is 0.0277. The molecule has 1 aliphatic heterocycles. The molecule has 0 bridgehead atoms. The summed E-state index contributed by atoms with van der Waals surface area (Å²) >= 11 is 0. The van der Waals surface area contributed by atoms with Gasteiger partial charge in [-0.2, -0.15) is 0 Å². The van der Waals surface area contributed by atoms with Gasteiger partial charge in [-0.15, -0.1) is 0 Å². The molecule has 1 aromatic carbocycles. The van der Waals surface area contributed by atoms with E-state index >= 15 is 0 Å². The lowest BCUT2D eigenvalue weighted by Gasteiger charge is -2.37. The first-order chi connectivity index (χ1) is 10.7. The summed E-state index contributed by atoms with van der Waals surface area (Å²) in [6.07, 6.45) is 6.20. The molecule has 1 heterocycles. The predicted octanol–water partition coefficient (Wildman–Crippen LogP) is 3.63. The first-order valence-electron chi connectivity index (χ1n) is 8.66. The molecule has 3 rings (SSSR count). The smallest absolute Gasteiger partial charge is 0.310 e. The van der Waals surface area contributed by atoms with Crippen LogP contribution in [0, 0.1) is 11.3 Å².